The Morgan fingerprint density at radius 3 is 2.48 bits per heavy atom. The third-order valence-corrected chi connectivity index (χ3v) is 4.72. The van der Waals surface area contributed by atoms with Gasteiger partial charge in [0.05, 0.1) is 0 Å². The fourth-order valence-corrected chi connectivity index (χ4v) is 3.42. The van der Waals surface area contributed by atoms with Gasteiger partial charge in [-0.15, -0.1) is 0 Å². The molecule has 5 heteroatoms. The average molecular weight is 343 g/mol. The summed E-state index contributed by atoms with van der Waals surface area (Å²) in [6.45, 7) is 7.71. The summed E-state index contributed by atoms with van der Waals surface area (Å²) < 4.78 is 13.2. The minimum absolute atomic E-state index is 0.0530. The van der Waals surface area contributed by atoms with Crippen molar-refractivity contribution in [3.8, 4) is 0 Å². The van der Waals surface area contributed by atoms with E-state index in [-0.39, 0.29) is 11.7 Å². The lowest BCUT2D eigenvalue weighted by Gasteiger charge is -2.29. The molecule has 3 N–H and O–H groups in total. The monoisotopic (exact) mass is 343 g/mol. The lowest BCUT2D eigenvalue weighted by Crippen LogP contribution is -3.28. The molecule has 0 radical (unpaired) electrons. The fraction of sp³-hybridized carbons (Fsp3) is 0.350. The van der Waals surface area contributed by atoms with Crippen molar-refractivity contribution in [1.82, 2.24) is 0 Å². The molecule has 1 heterocycles. The van der Waals surface area contributed by atoms with Crippen LogP contribution in [0.5, 0.6) is 0 Å². The summed E-state index contributed by atoms with van der Waals surface area (Å²) in [7, 11) is 0. The van der Waals surface area contributed by atoms with Crippen molar-refractivity contribution in [3.63, 3.8) is 0 Å². The number of piperazine rings is 1. The summed E-state index contributed by atoms with van der Waals surface area (Å²) in [6.07, 6.45) is 0. The zero-order chi connectivity index (χ0) is 17.6. The van der Waals surface area contributed by atoms with E-state index in [2.05, 4.69) is 36.5 Å². The van der Waals surface area contributed by atoms with Crippen LogP contribution in [0.15, 0.2) is 48.5 Å². The highest BCUT2D eigenvalue weighted by Gasteiger charge is 2.24. The van der Waals surface area contributed by atoms with Crippen LogP contribution in [-0.4, -0.2) is 38.6 Å². The largest absolute Gasteiger partial charge is 0.322 e. The van der Waals surface area contributed by atoms with Crippen LogP contribution < -0.4 is 15.1 Å². The number of benzene rings is 2. The highest BCUT2D eigenvalue weighted by Crippen LogP contribution is 2.08. The Balaban J connectivity index is 1.43. The smallest absolute Gasteiger partial charge is 0.279 e. The normalized spacial score (nSPS) is 20.2. The van der Waals surface area contributed by atoms with Gasteiger partial charge in [0.2, 0.25) is 0 Å². The van der Waals surface area contributed by atoms with E-state index in [9.17, 15) is 9.18 Å². The van der Waals surface area contributed by atoms with Crippen molar-refractivity contribution < 1.29 is 19.0 Å². The number of amides is 1. The van der Waals surface area contributed by atoms with Gasteiger partial charge in [0.25, 0.3) is 5.91 Å². The van der Waals surface area contributed by atoms with Crippen LogP contribution in [-0.2, 0) is 11.3 Å². The van der Waals surface area contributed by atoms with Crippen molar-refractivity contribution in [1.29, 1.82) is 0 Å². The first-order chi connectivity index (χ1) is 12.1. The Labute approximate surface area is 148 Å². The van der Waals surface area contributed by atoms with Crippen LogP contribution >= 0.6 is 0 Å². The van der Waals surface area contributed by atoms with E-state index >= 15 is 0 Å². The minimum atomic E-state index is -0.335. The molecule has 1 fully saturated rings. The molecule has 1 aliphatic heterocycles. The summed E-state index contributed by atoms with van der Waals surface area (Å²) in [5.41, 5.74) is 3.20. The van der Waals surface area contributed by atoms with Gasteiger partial charge in [-0.1, -0.05) is 35.9 Å². The van der Waals surface area contributed by atoms with Crippen molar-refractivity contribution >= 4 is 11.6 Å². The number of halogens is 1. The van der Waals surface area contributed by atoms with Crippen LogP contribution in [0.25, 0.3) is 0 Å². The van der Waals surface area contributed by atoms with E-state index in [4.69, 9.17) is 0 Å². The summed E-state index contributed by atoms with van der Waals surface area (Å²) in [5.74, 6) is -0.388. The van der Waals surface area contributed by atoms with E-state index in [1.165, 1.54) is 28.2 Å². The average Bonchev–Trinajstić information content (AvgIpc) is 2.57. The Bertz CT molecular complexity index is 726. The molecule has 25 heavy (non-hydrogen) atoms. The molecule has 2 aromatic carbocycles. The summed E-state index contributed by atoms with van der Waals surface area (Å²) >= 11 is 0. The molecule has 0 spiro atoms. The Kier molecular flexibility index (Phi) is 5.79. The molecule has 0 bridgehead atoms. The fourth-order valence-electron chi connectivity index (χ4n) is 3.42. The molecular weight excluding hydrogens is 317 g/mol. The zero-order valence-electron chi connectivity index (χ0n) is 14.6. The van der Waals surface area contributed by atoms with E-state index in [0.717, 1.165) is 32.7 Å². The maximum Gasteiger partial charge on any atom is 0.279 e. The van der Waals surface area contributed by atoms with E-state index in [1.54, 1.807) is 17.0 Å². The number of aryl methyl sites for hydroxylation is 1. The van der Waals surface area contributed by atoms with Crippen LogP contribution in [0.1, 0.15) is 11.1 Å². The minimum Gasteiger partial charge on any atom is -0.322 e. The molecule has 0 saturated carbocycles. The lowest BCUT2D eigenvalue weighted by molar-refractivity contribution is -1.02. The predicted octanol–water partition coefficient (Wildman–Crippen LogP) is 0.0562. The molecule has 0 atom stereocenters. The highest BCUT2D eigenvalue weighted by molar-refractivity contribution is 5.91. The van der Waals surface area contributed by atoms with E-state index in [1.807, 2.05) is 0 Å². The molecule has 1 amide bonds. The Morgan fingerprint density at radius 2 is 1.76 bits per heavy atom. The maximum atomic E-state index is 13.2. The molecule has 3 rings (SSSR count). The van der Waals surface area contributed by atoms with Crippen LogP contribution in [0, 0.1) is 12.7 Å². The molecule has 1 aliphatic rings. The summed E-state index contributed by atoms with van der Waals surface area (Å²) in [6, 6.07) is 14.7. The van der Waals surface area contributed by atoms with E-state index < -0.39 is 0 Å². The van der Waals surface area contributed by atoms with Gasteiger partial charge in [-0.05, 0) is 25.1 Å². The summed E-state index contributed by atoms with van der Waals surface area (Å²) in [5, 5.41) is 2.78. The molecular formula is C20H26FN3O+2. The first-order valence-corrected chi connectivity index (χ1v) is 8.86. The standard InChI is InChI=1S/C20H24FN3O/c1-16-4-2-5-17(12-16)14-23-8-10-24(11-9-23)15-20(25)22-19-7-3-6-18(21)13-19/h2-7,12-13H,8-11,14-15H2,1H3,(H,22,25)/p+2. The second-order valence-electron chi connectivity index (χ2n) is 6.90. The quantitative estimate of drug-likeness (QED) is 0.706. The molecule has 1 saturated heterocycles. The molecule has 0 aliphatic carbocycles. The number of nitrogens with one attached hydrogen (secondary N) is 3. The van der Waals surface area contributed by atoms with E-state index in [0.29, 0.717) is 12.2 Å². The van der Waals surface area contributed by atoms with Gasteiger partial charge in [-0.25, -0.2) is 4.39 Å². The Morgan fingerprint density at radius 1 is 1.04 bits per heavy atom. The first-order valence-electron chi connectivity index (χ1n) is 8.86. The third-order valence-electron chi connectivity index (χ3n) is 4.72. The summed E-state index contributed by atoms with van der Waals surface area (Å²) in [4.78, 5) is 15.0. The van der Waals surface area contributed by atoms with Crippen molar-refractivity contribution in [2.45, 2.75) is 13.5 Å². The van der Waals surface area contributed by atoms with Gasteiger partial charge >= 0.3 is 0 Å². The van der Waals surface area contributed by atoms with Gasteiger partial charge in [-0.2, -0.15) is 0 Å². The topological polar surface area (TPSA) is 38.0 Å². The first kappa shape index (κ1) is 17.6. The molecule has 2 aromatic rings. The second kappa shape index (κ2) is 8.23. The number of carbonyl (C=O) groups is 1. The van der Waals surface area contributed by atoms with Gasteiger partial charge in [0.15, 0.2) is 6.54 Å². The second-order valence-corrected chi connectivity index (χ2v) is 6.90. The van der Waals surface area contributed by atoms with Crippen molar-refractivity contribution in [2.75, 3.05) is 38.0 Å². The van der Waals surface area contributed by atoms with Gasteiger partial charge in [0.1, 0.15) is 38.5 Å². The SMILES string of the molecule is Cc1cccc(C[NH+]2CC[NH+](CC(=O)Nc3cccc(F)c3)CC2)c1. The zero-order valence-corrected chi connectivity index (χ0v) is 14.6. The number of carbonyl (C=O) groups excluding carboxylic acids is 1. The van der Waals surface area contributed by atoms with Crippen molar-refractivity contribution in [3.05, 3.63) is 65.5 Å². The van der Waals surface area contributed by atoms with Gasteiger partial charge in [-0.3, -0.25) is 4.79 Å². The Hall–Kier alpha value is -2.24. The lowest BCUT2D eigenvalue weighted by atomic mass is 10.1. The third kappa shape index (κ3) is 5.37. The van der Waals surface area contributed by atoms with Gasteiger partial charge in [0, 0.05) is 11.3 Å². The van der Waals surface area contributed by atoms with Gasteiger partial charge < -0.3 is 15.1 Å². The molecule has 132 valence electrons. The predicted molar refractivity (Wildman–Crippen MR) is 96.2 cm³/mol. The number of anilines is 1. The van der Waals surface area contributed by atoms with Crippen molar-refractivity contribution in [2.24, 2.45) is 0 Å². The maximum absolute atomic E-state index is 13.2. The molecule has 4 nitrogen and oxygen atoms in total. The van der Waals surface area contributed by atoms with Crippen LogP contribution in [0.3, 0.4) is 0 Å². The number of hydrogen-bond donors (Lipinski definition) is 3. The highest BCUT2D eigenvalue weighted by atomic mass is 19.1. The number of hydrogen-bond acceptors (Lipinski definition) is 1. The molecule has 0 aromatic heterocycles. The van der Waals surface area contributed by atoms with Crippen LogP contribution in [0.2, 0.25) is 0 Å². The molecule has 0 unspecified atom stereocenters. The van der Waals surface area contributed by atoms with Crippen LogP contribution in [0.4, 0.5) is 10.1 Å². The number of quaternary nitrogens is 2. The number of rotatable bonds is 5.